The largest absolute Gasteiger partial charge is 0.355 e. The van der Waals surface area contributed by atoms with Crippen molar-refractivity contribution in [2.24, 2.45) is 0 Å². The molecule has 0 atom stereocenters. The Bertz CT molecular complexity index is 1050. The van der Waals surface area contributed by atoms with Crippen molar-refractivity contribution < 1.29 is 9.05 Å². The van der Waals surface area contributed by atoms with Crippen molar-refractivity contribution >= 4 is 6.08 Å². The lowest BCUT2D eigenvalue weighted by atomic mass is 10.0. The van der Waals surface area contributed by atoms with E-state index in [1.807, 2.05) is 54.6 Å². The Balaban J connectivity index is 1.72. The highest BCUT2D eigenvalue weighted by Gasteiger charge is 2.23. The standard InChI is InChI=1S/C22H19N3O2/c1-3-8-18-19(24-26-20(18)16-9-6-5-7-10-16)22-23-21(25-27-22)17-13-11-15(4-2)12-14-17/h4-7,9-14H,2-3,8H2,1H3. The Labute approximate surface area is 157 Å². The van der Waals surface area contributed by atoms with Crippen molar-refractivity contribution in [2.45, 2.75) is 19.8 Å². The molecule has 0 saturated carbocycles. The molecule has 2 aromatic heterocycles. The first-order chi connectivity index (χ1) is 13.3. The molecule has 5 nitrogen and oxygen atoms in total. The Hall–Kier alpha value is -3.47. The Morgan fingerprint density at radius 1 is 0.926 bits per heavy atom. The zero-order valence-electron chi connectivity index (χ0n) is 15.1. The summed E-state index contributed by atoms with van der Waals surface area (Å²) in [4.78, 5) is 4.53. The average Bonchev–Trinajstić information content (AvgIpc) is 3.36. The molecule has 0 unspecified atom stereocenters. The van der Waals surface area contributed by atoms with Crippen LogP contribution in [0.2, 0.25) is 0 Å². The summed E-state index contributed by atoms with van der Waals surface area (Å²) in [6, 6.07) is 17.7. The van der Waals surface area contributed by atoms with Crippen molar-refractivity contribution in [3.05, 3.63) is 72.3 Å². The van der Waals surface area contributed by atoms with Gasteiger partial charge in [-0.05, 0) is 12.0 Å². The van der Waals surface area contributed by atoms with Crippen LogP contribution >= 0.6 is 0 Å². The summed E-state index contributed by atoms with van der Waals surface area (Å²) >= 11 is 0. The maximum atomic E-state index is 5.65. The van der Waals surface area contributed by atoms with Gasteiger partial charge in [-0.3, -0.25) is 0 Å². The zero-order chi connectivity index (χ0) is 18.6. The topological polar surface area (TPSA) is 65.0 Å². The molecule has 0 aliphatic rings. The van der Waals surface area contributed by atoms with E-state index in [9.17, 15) is 0 Å². The molecule has 0 bridgehead atoms. The Kier molecular flexibility index (Phi) is 4.66. The van der Waals surface area contributed by atoms with Crippen LogP contribution in [0.25, 0.3) is 40.4 Å². The number of hydrogen-bond acceptors (Lipinski definition) is 5. The van der Waals surface area contributed by atoms with E-state index < -0.39 is 0 Å². The molecular formula is C22H19N3O2. The molecule has 0 aliphatic heterocycles. The van der Waals surface area contributed by atoms with E-state index in [1.54, 1.807) is 6.08 Å². The van der Waals surface area contributed by atoms with E-state index in [0.29, 0.717) is 17.4 Å². The molecule has 4 rings (SSSR count). The molecule has 0 amide bonds. The fourth-order valence-corrected chi connectivity index (χ4v) is 2.98. The molecule has 27 heavy (non-hydrogen) atoms. The fraction of sp³-hybridized carbons (Fsp3) is 0.136. The lowest BCUT2D eigenvalue weighted by Gasteiger charge is -2.00. The molecule has 0 aliphatic carbocycles. The minimum absolute atomic E-state index is 0.368. The molecule has 5 heteroatoms. The molecule has 2 heterocycles. The summed E-state index contributed by atoms with van der Waals surface area (Å²) in [5, 5.41) is 8.34. The van der Waals surface area contributed by atoms with Gasteiger partial charge in [0.1, 0.15) is 0 Å². The number of hydrogen-bond donors (Lipinski definition) is 0. The van der Waals surface area contributed by atoms with Crippen molar-refractivity contribution in [3.63, 3.8) is 0 Å². The second-order valence-corrected chi connectivity index (χ2v) is 6.20. The number of rotatable bonds is 6. The lowest BCUT2D eigenvalue weighted by molar-refractivity contribution is 0.411. The summed E-state index contributed by atoms with van der Waals surface area (Å²) in [7, 11) is 0. The smallest absolute Gasteiger partial charge is 0.280 e. The highest BCUT2D eigenvalue weighted by atomic mass is 16.5. The molecule has 0 fully saturated rings. The van der Waals surface area contributed by atoms with Crippen molar-refractivity contribution in [2.75, 3.05) is 0 Å². The van der Waals surface area contributed by atoms with Crippen LogP contribution in [0, 0.1) is 0 Å². The highest BCUT2D eigenvalue weighted by molar-refractivity contribution is 5.70. The number of benzene rings is 2. The first-order valence-electron chi connectivity index (χ1n) is 8.91. The van der Waals surface area contributed by atoms with Gasteiger partial charge in [-0.25, -0.2) is 0 Å². The molecular weight excluding hydrogens is 338 g/mol. The molecule has 0 spiro atoms. The van der Waals surface area contributed by atoms with Crippen LogP contribution in [0.4, 0.5) is 0 Å². The summed E-state index contributed by atoms with van der Waals surface area (Å²) in [5.41, 5.74) is 4.49. The average molecular weight is 357 g/mol. The summed E-state index contributed by atoms with van der Waals surface area (Å²) < 4.78 is 11.1. The third-order valence-corrected chi connectivity index (χ3v) is 4.36. The van der Waals surface area contributed by atoms with Gasteiger partial charge in [0.05, 0.1) is 0 Å². The maximum Gasteiger partial charge on any atom is 0.280 e. The lowest BCUT2D eigenvalue weighted by Crippen LogP contribution is -1.90. The SMILES string of the molecule is C=Cc1ccc(-c2noc(-c3noc(-c4ccccc4)c3CCC)n2)cc1. The van der Waals surface area contributed by atoms with E-state index in [1.165, 1.54) is 0 Å². The first kappa shape index (κ1) is 17.0. The summed E-state index contributed by atoms with van der Waals surface area (Å²) in [6.07, 6.45) is 3.57. The van der Waals surface area contributed by atoms with Crippen LogP contribution in [-0.4, -0.2) is 15.3 Å². The van der Waals surface area contributed by atoms with Gasteiger partial charge in [0.25, 0.3) is 5.89 Å². The van der Waals surface area contributed by atoms with Gasteiger partial charge >= 0.3 is 0 Å². The van der Waals surface area contributed by atoms with Gasteiger partial charge in [-0.1, -0.05) is 90.9 Å². The molecule has 4 aromatic rings. The van der Waals surface area contributed by atoms with Crippen LogP contribution in [0.3, 0.4) is 0 Å². The van der Waals surface area contributed by atoms with Gasteiger partial charge in [0, 0.05) is 16.7 Å². The molecule has 0 radical (unpaired) electrons. The fourth-order valence-electron chi connectivity index (χ4n) is 2.98. The van der Waals surface area contributed by atoms with Crippen LogP contribution in [0.1, 0.15) is 24.5 Å². The van der Waals surface area contributed by atoms with Crippen LogP contribution in [0.5, 0.6) is 0 Å². The molecule has 0 saturated heterocycles. The van der Waals surface area contributed by atoms with Crippen LogP contribution in [0.15, 0.2) is 70.2 Å². The zero-order valence-corrected chi connectivity index (χ0v) is 15.1. The van der Waals surface area contributed by atoms with E-state index in [2.05, 4.69) is 28.8 Å². The second-order valence-electron chi connectivity index (χ2n) is 6.20. The second kappa shape index (κ2) is 7.41. The van der Waals surface area contributed by atoms with Gasteiger partial charge < -0.3 is 9.05 Å². The maximum absolute atomic E-state index is 5.65. The predicted octanol–water partition coefficient (Wildman–Crippen LogP) is 5.65. The predicted molar refractivity (Wildman–Crippen MR) is 105 cm³/mol. The van der Waals surface area contributed by atoms with E-state index >= 15 is 0 Å². The quantitative estimate of drug-likeness (QED) is 0.446. The normalized spacial score (nSPS) is 10.9. The van der Waals surface area contributed by atoms with Gasteiger partial charge in [-0.15, -0.1) is 0 Å². The van der Waals surface area contributed by atoms with E-state index in [4.69, 9.17) is 9.05 Å². The Morgan fingerprint density at radius 3 is 2.41 bits per heavy atom. The third kappa shape index (κ3) is 3.31. The van der Waals surface area contributed by atoms with Crippen molar-refractivity contribution in [3.8, 4) is 34.3 Å². The number of aromatic nitrogens is 3. The minimum Gasteiger partial charge on any atom is -0.355 e. The third-order valence-electron chi connectivity index (χ3n) is 4.36. The van der Waals surface area contributed by atoms with Crippen LogP contribution in [-0.2, 0) is 6.42 Å². The number of nitrogens with zero attached hydrogens (tertiary/aromatic N) is 3. The highest BCUT2D eigenvalue weighted by Crippen LogP contribution is 2.33. The van der Waals surface area contributed by atoms with E-state index in [-0.39, 0.29) is 0 Å². The monoisotopic (exact) mass is 357 g/mol. The molecule has 134 valence electrons. The van der Waals surface area contributed by atoms with Gasteiger partial charge in [0.15, 0.2) is 11.5 Å². The first-order valence-corrected chi connectivity index (χ1v) is 8.91. The van der Waals surface area contributed by atoms with Gasteiger partial charge in [0.2, 0.25) is 5.82 Å². The van der Waals surface area contributed by atoms with Crippen molar-refractivity contribution in [1.82, 2.24) is 15.3 Å². The van der Waals surface area contributed by atoms with Crippen molar-refractivity contribution in [1.29, 1.82) is 0 Å². The Morgan fingerprint density at radius 2 is 1.70 bits per heavy atom. The summed E-state index contributed by atoms with van der Waals surface area (Å²) in [6.45, 7) is 5.88. The van der Waals surface area contributed by atoms with Gasteiger partial charge in [-0.2, -0.15) is 4.98 Å². The summed E-state index contributed by atoms with van der Waals surface area (Å²) in [5.74, 6) is 1.64. The van der Waals surface area contributed by atoms with E-state index in [0.717, 1.165) is 40.9 Å². The molecule has 2 aromatic carbocycles. The molecule has 0 N–H and O–H groups in total. The minimum atomic E-state index is 0.368. The van der Waals surface area contributed by atoms with Crippen LogP contribution < -0.4 is 0 Å².